The molecular formula is C26H34N6O4. The third-order valence-electron chi connectivity index (χ3n) is 5.80. The maximum Gasteiger partial charge on any atom is 0.261 e. The van der Waals surface area contributed by atoms with Crippen molar-refractivity contribution >= 4 is 17.6 Å². The first-order chi connectivity index (χ1) is 17.4. The van der Waals surface area contributed by atoms with Crippen molar-refractivity contribution < 1.29 is 18.8 Å². The molecule has 0 radical (unpaired) electrons. The van der Waals surface area contributed by atoms with Crippen LogP contribution in [0.15, 0.2) is 47.2 Å². The molecule has 1 saturated heterocycles. The molecule has 36 heavy (non-hydrogen) atoms. The standard InChI is InChI=1S/C26H34N6O4/c1-26(2,3)21-17-23(36-31-21)30-25(33)20-6-4-8-28-24(20)29-18-19-7-9-27-22(16-19)35-13-5-10-32-11-14-34-15-12-32/h4,6-9,16-17H,5,10-15,18H2,1-3H3,(H,28,29)(H,30,33). The van der Waals surface area contributed by atoms with E-state index in [1.54, 1.807) is 30.6 Å². The summed E-state index contributed by atoms with van der Waals surface area (Å²) in [6, 6.07) is 8.96. The second-order valence-electron chi connectivity index (χ2n) is 9.69. The van der Waals surface area contributed by atoms with Gasteiger partial charge in [0.2, 0.25) is 11.8 Å². The fraction of sp³-hybridized carbons (Fsp3) is 0.462. The first-order valence-corrected chi connectivity index (χ1v) is 12.2. The van der Waals surface area contributed by atoms with Crippen LogP contribution in [0.3, 0.4) is 0 Å². The third kappa shape index (κ3) is 7.25. The second kappa shape index (κ2) is 12.0. The van der Waals surface area contributed by atoms with Gasteiger partial charge < -0.3 is 19.3 Å². The third-order valence-corrected chi connectivity index (χ3v) is 5.80. The maximum atomic E-state index is 12.9. The van der Waals surface area contributed by atoms with Gasteiger partial charge in [0.25, 0.3) is 5.91 Å². The van der Waals surface area contributed by atoms with Crippen molar-refractivity contribution in [2.24, 2.45) is 0 Å². The topological polar surface area (TPSA) is 115 Å². The summed E-state index contributed by atoms with van der Waals surface area (Å²) < 4.78 is 16.5. The zero-order chi connectivity index (χ0) is 25.4. The number of hydrogen-bond donors (Lipinski definition) is 2. The first kappa shape index (κ1) is 25.6. The van der Waals surface area contributed by atoms with Crippen molar-refractivity contribution in [1.82, 2.24) is 20.0 Å². The molecule has 4 heterocycles. The van der Waals surface area contributed by atoms with E-state index in [4.69, 9.17) is 14.0 Å². The minimum absolute atomic E-state index is 0.177. The number of anilines is 2. The van der Waals surface area contributed by atoms with Gasteiger partial charge in [-0.25, -0.2) is 9.97 Å². The van der Waals surface area contributed by atoms with Crippen LogP contribution in [0.5, 0.6) is 5.88 Å². The number of aromatic nitrogens is 3. The van der Waals surface area contributed by atoms with Crippen LogP contribution in [0.4, 0.5) is 11.7 Å². The average Bonchev–Trinajstić information content (AvgIpc) is 3.36. The minimum Gasteiger partial charge on any atom is -0.478 e. The Labute approximate surface area is 211 Å². The average molecular weight is 495 g/mol. The van der Waals surface area contributed by atoms with Gasteiger partial charge in [-0.15, -0.1) is 0 Å². The van der Waals surface area contributed by atoms with Crippen molar-refractivity contribution in [3.8, 4) is 5.88 Å². The monoisotopic (exact) mass is 494 g/mol. The number of rotatable bonds is 10. The highest BCUT2D eigenvalue weighted by Crippen LogP contribution is 2.24. The summed E-state index contributed by atoms with van der Waals surface area (Å²) in [4.78, 5) is 23.9. The Bertz CT molecular complexity index is 1140. The maximum absolute atomic E-state index is 12.9. The Kier molecular flexibility index (Phi) is 8.50. The fourth-order valence-corrected chi connectivity index (χ4v) is 3.71. The van der Waals surface area contributed by atoms with Crippen molar-refractivity contribution in [1.29, 1.82) is 0 Å². The summed E-state index contributed by atoms with van der Waals surface area (Å²) in [6.07, 6.45) is 4.29. The van der Waals surface area contributed by atoms with E-state index in [1.165, 1.54) is 0 Å². The summed E-state index contributed by atoms with van der Waals surface area (Å²) in [5.74, 6) is 1.01. The van der Waals surface area contributed by atoms with Gasteiger partial charge >= 0.3 is 0 Å². The van der Waals surface area contributed by atoms with E-state index in [-0.39, 0.29) is 11.3 Å². The molecule has 1 amide bonds. The number of morpholine rings is 1. The van der Waals surface area contributed by atoms with Crippen LogP contribution in [0, 0.1) is 0 Å². The van der Waals surface area contributed by atoms with Gasteiger partial charge in [0, 0.05) is 56.1 Å². The molecule has 0 saturated carbocycles. The van der Waals surface area contributed by atoms with E-state index < -0.39 is 0 Å². The summed E-state index contributed by atoms with van der Waals surface area (Å²) in [6.45, 7) is 11.7. The summed E-state index contributed by atoms with van der Waals surface area (Å²) in [5.41, 5.74) is 1.96. The number of hydrogen-bond acceptors (Lipinski definition) is 9. The molecule has 0 spiro atoms. The molecule has 0 aromatic carbocycles. The van der Waals surface area contributed by atoms with Gasteiger partial charge in [0.05, 0.1) is 31.1 Å². The SMILES string of the molecule is CC(C)(C)c1cc(NC(=O)c2cccnc2NCc2ccnc(OCCCN3CCOCC3)c2)on1. The van der Waals surface area contributed by atoms with E-state index >= 15 is 0 Å². The van der Waals surface area contributed by atoms with Crippen molar-refractivity contribution in [3.05, 3.63) is 59.5 Å². The molecule has 0 unspecified atom stereocenters. The number of amides is 1. The highest BCUT2D eigenvalue weighted by Gasteiger charge is 2.21. The van der Waals surface area contributed by atoms with Gasteiger partial charge in [0.1, 0.15) is 5.82 Å². The molecule has 1 aliphatic heterocycles. The first-order valence-electron chi connectivity index (χ1n) is 12.2. The van der Waals surface area contributed by atoms with Crippen LogP contribution in [0.25, 0.3) is 0 Å². The van der Waals surface area contributed by atoms with E-state index in [0.717, 1.165) is 50.5 Å². The Morgan fingerprint density at radius 1 is 1.14 bits per heavy atom. The number of pyridine rings is 2. The molecular weight excluding hydrogens is 460 g/mol. The molecule has 10 nitrogen and oxygen atoms in total. The summed E-state index contributed by atoms with van der Waals surface area (Å²) >= 11 is 0. The Balaban J connectivity index is 1.30. The molecule has 3 aromatic rings. The van der Waals surface area contributed by atoms with Crippen LogP contribution < -0.4 is 15.4 Å². The van der Waals surface area contributed by atoms with Gasteiger partial charge in [-0.2, -0.15) is 0 Å². The largest absolute Gasteiger partial charge is 0.478 e. The normalized spacial score (nSPS) is 14.4. The Hall–Kier alpha value is -3.50. The molecule has 1 aliphatic rings. The van der Waals surface area contributed by atoms with Crippen molar-refractivity contribution in [3.63, 3.8) is 0 Å². The van der Waals surface area contributed by atoms with Gasteiger partial charge in [0.15, 0.2) is 0 Å². The molecule has 10 heteroatoms. The second-order valence-corrected chi connectivity index (χ2v) is 9.69. The summed E-state index contributed by atoms with van der Waals surface area (Å²) in [5, 5.41) is 10.1. The number of nitrogens with one attached hydrogen (secondary N) is 2. The van der Waals surface area contributed by atoms with Crippen molar-refractivity contribution in [2.45, 2.75) is 39.2 Å². The van der Waals surface area contributed by atoms with Crippen LogP contribution in [-0.4, -0.2) is 65.4 Å². The van der Waals surface area contributed by atoms with E-state index in [2.05, 4.69) is 30.7 Å². The molecule has 2 N–H and O–H groups in total. The molecule has 0 atom stereocenters. The number of carbonyl (C=O) groups is 1. The lowest BCUT2D eigenvalue weighted by molar-refractivity contribution is 0.0357. The van der Waals surface area contributed by atoms with Crippen molar-refractivity contribution in [2.75, 3.05) is 50.1 Å². The van der Waals surface area contributed by atoms with E-state index in [0.29, 0.717) is 36.3 Å². The van der Waals surface area contributed by atoms with Gasteiger partial charge in [-0.1, -0.05) is 25.9 Å². The molecule has 3 aromatic heterocycles. The van der Waals surface area contributed by atoms with Gasteiger partial charge in [-0.05, 0) is 30.2 Å². The van der Waals surface area contributed by atoms with Crippen LogP contribution >= 0.6 is 0 Å². The van der Waals surface area contributed by atoms with Crippen LogP contribution in [-0.2, 0) is 16.7 Å². The summed E-state index contributed by atoms with van der Waals surface area (Å²) in [7, 11) is 0. The fourth-order valence-electron chi connectivity index (χ4n) is 3.71. The van der Waals surface area contributed by atoms with Gasteiger partial charge in [-0.3, -0.25) is 15.0 Å². The Morgan fingerprint density at radius 3 is 2.75 bits per heavy atom. The number of carbonyl (C=O) groups excluding carboxylic acids is 1. The quantitative estimate of drug-likeness (QED) is 0.407. The number of nitrogens with zero attached hydrogens (tertiary/aromatic N) is 4. The lowest BCUT2D eigenvalue weighted by Gasteiger charge is -2.26. The van der Waals surface area contributed by atoms with E-state index in [1.807, 2.05) is 32.9 Å². The lowest BCUT2D eigenvalue weighted by atomic mass is 9.92. The number of ether oxygens (including phenoxy) is 2. The highest BCUT2D eigenvalue weighted by atomic mass is 16.5. The lowest BCUT2D eigenvalue weighted by Crippen LogP contribution is -2.37. The predicted octanol–water partition coefficient (Wildman–Crippen LogP) is 3.73. The molecule has 4 rings (SSSR count). The minimum atomic E-state index is -0.332. The van der Waals surface area contributed by atoms with E-state index in [9.17, 15) is 4.79 Å². The van der Waals surface area contributed by atoms with Crippen LogP contribution in [0.2, 0.25) is 0 Å². The molecule has 0 bridgehead atoms. The Morgan fingerprint density at radius 2 is 1.97 bits per heavy atom. The highest BCUT2D eigenvalue weighted by molar-refractivity contribution is 6.06. The smallest absolute Gasteiger partial charge is 0.261 e. The zero-order valence-electron chi connectivity index (χ0n) is 21.1. The molecule has 192 valence electrons. The zero-order valence-corrected chi connectivity index (χ0v) is 21.1. The molecule has 0 aliphatic carbocycles. The molecule has 1 fully saturated rings. The van der Waals surface area contributed by atoms with Crippen LogP contribution in [0.1, 0.15) is 48.8 Å². The predicted molar refractivity (Wildman–Crippen MR) is 136 cm³/mol.